The zero-order chi connectivity index (χ0) is 35.6. The summed E-state index contributed by atoms with van der Waals surface area (Å²) >= 11 is 0. The Labute approximate surface area is 296 Å². The molecule has 11 nitrogen and oxygen atoms in total. The molecule has 0 aliphatic carbocycles. The van der Waals surface area contributed by atoms with Gasteiger partial charge in [0.1, 0.15) is 17.4 Å². The number of hydrogen-bond acceptors (Lipinski definition) is 9. The van der Waals surface area contributed by atoms with Gasteiger partial charge < -0.3 is 35.8 Å². The average molecular weight is 679 g/mol. The van der Waals surface area contributed by atoms with Crippen molar-refractivity contribution in [2.75, 3.05) is 63.1 Å². The SMILES string of the molecule is C=CC(=C1/OCC/C1=C(/C)NCc1cccc(C(=O)Nc2ccc(N3CCN(C(=O)C4CCN(C)CC4)CC3)cn2)c1)/C(C)=C/C=NC(=C)N. The van der Waals surface area contributed by atoms with E-state index in [1.165, 1.54) is 0 Å². The van der Waals surface area contributed by atoms with Gasteiger partial charge in [-0.3, -0.25) is 9.59 Å². The maximum atomic E-state index is 13.2. The fourth-order valence-electron chi connectivity index (χ4n) is 6.52. The van der Waals surface area contributed by atoms with Crippen LogP contribution in [0.15, 0.2) is 107 Å². The largest absolute Gasteiger partial charge is 0.492 e. The Hall–Kier alpha value is -5.16. The summed E-state index contributed by atoms with van der Waals surface area (Å²) in [7, 11) is 2.11. The fraction of sp³-hybridized carbons (Fsp3) is 0.385. The van der Waals surface area contributed by atoms with Crippen LogP contribution in [-0.2, 0) is 16.1 Å². The number of likely N-dealkylation sites (tertiary alicyclic amines) is 1. The van der Waals surface area contributed by atoms with Gasteiger partial charge in [0.25, 0.3) is 5.91 Å². The van der Waals surface area contributed by atoms with Crippen molar-refractivity contribution in [3.63, 3.8) is 0 Å². The van der Waals surface area contributed by atoms with E-state index in [0.29, 0.717) is 43.5 Å². The van der Waals surface area contributed by atoms with Crippen molar-refractivity contribution in [2.24, 2.45) is 16.6 Å². The number of hydrogen-bond donors (Lipinski definition) is 3. The number of carbonyl (C=O) groups is 2. The van der Waals surface area contributed by atoms with Crippen LogP contribution in [0, 0.1) is 5.92 Å². The van der Waals surface area contributed by atoms with E-state index in [4.69, 9.17) is 10.5 Å². The summed E-state index contributed by atoms with van der Waals surface area (Å²) in [6, 6.07) is 11.4. The zero-order valence-corrected chi connectivity index (χ0v) is 29.6. The van der Waals surface area contributed by atoms with Crippen LogP contribution in [-0.4, -0.2) is 85.7 Å². The molecule has 0 unspecified atom stereocenters. The molecule has 0 spiro atoms. The van der Waals surface area contributed by atoms with Gasteiger partial charge in [0.2, 0.25) is 5.91 Å². The molecule has 5 rings (SSSR count). The highest BCUT2D eigenvalue weighted by Gasteiger charge is 2.30. The van der Waals surface area contributed by atoms with Gasteiger partial charge in [-0.25, -0.2) is 9.98 Å². The number of anilines is 2. The molecule has 0 saturated carbocycles. The highest BCUT2D eigenvalue weighted by Crippen LogP contribution is 2.32. The molecule has 3 aliphatic rings. The summed E-state index contributed by atoms with van der Waals surface area (Å²) in [5.41, 5.74) is 12.0. The first-order valence-corrected chi connectivity index (χ1v) is 17.3. The van der Waals surface area contributed by atoms with Gasteiger partial charge in [-0.15, -0.1) is 0 Å². The van der Waals surface area contributed by atoms with Crippen LogP contribution < -0.4 is 21.3 Å². The number of nitrogens with zero attached hydrogens (tertiary/aromatic N) is 5. The lowest BCUT2D eigenvalue weighted by molar-refractivity contribution is -0.137. The molecular formula is C39H50N8O3. The molecule has 2 aromatic rings. The Morgan fingerprint density at radius 1 is 1.10 bits per heavy atom. The van der Waals surface area contributed by atoms with E-state index in [9.17, 15) is 9.59 Å². The summed E-state index contributed by atoms with van der Waals surface area (Å²) in [6.45, 7) is 17.6. The van der Waals surface area contributed by atoms with Crippen LogP contribution in [0.4, 0.5) is 11.5 Å². The molecule has 0 radical (unpaired) electrons. The average Bonchev–Trinajstić information content (AvgIpc) is 3.61. The minimum Gasteiger partial charge on any atom is -0.492 e. The minimum atomic E-state index is -0.225. The second-order valence-electron chi connectivity index (χ2n) is 13.1. The number of piperidine rings is 1. The Bertz CT molecular complexity index is 1690. The summed E-state index contributed by atoms with van der Waals surface area (Å²) < 4.78 is 6.03. The number of benzene rings is 1. The molecule has 1 aromatic heterocycles. The van der Waals surface area contributed by atoms with Crippen molar-refractivity contribution in [3.05, 3.63) is 113 Å². The molecule has 264 valence electrons. The lowest BCUT2D eigenvalue weighted by atomic mass is 9.95. The molecule has 3 fully saturated rings. The van der Waals surface area contributed by atoms with Crippen LogP contribution in [0.1, 0.15) is 49.0 Å². The number of nitrogens with one attached hydrogen (secondary N) is 2. The molecule has 50 heavy (non-hydrogen) atoms. The molecule has 0 bridgehead atoms. The molecule has 0 atom stereocenters. The molecular weight excluding hydrogens is 628 g/mol. The summed E-state index contributed by atoms with van der Waals surface area (Å²) in [4.78, 5) is 41.3. The first kappa shape index (κ1) is 36.1. The monoisotopic (exact) mass is 678 g/mol. The van der Waals surface area contributed by atoms with Crippen molar-refractivity contribution in [1.82, 2.24) is 20.1 Å². The number of aromatic nitrogens is 1. The Morgan fingerprint density at radius 3 is 2.54 bits per heavy atom. The second kappa shape index (κ2) is 17.0. The third-order valence-electron chi connectivity index (χ3n) is 9.52. The Kier molecular flexibility index (Phi) is 12.3. The number of pyridine rings is 1. The first-order chi connectivity index (χ1) is 24.1. The van der Waals surface area contributed by atoms with E-state index in [0.717, 1.165) is 84.9 Å². The van der Waals surface area contributed by atoms with Crippen LogP contribution in [0.25, 0.3) is 0 Å². The number of amides is 2. The topological polar surface area (TPSA) is 128 Å². The molecule has 4 heterocycles. The number of carbonyl (C=O) groups excluding carboxylic acids is 2. The van der Waals surface area contributed by atoms with Crippen molar-refractivity contribution < 1.29 is 14.3 Å². The molecule has 1 aromatic carbocycles. The predicted molar refractivity (Wildman–Crippen MR) is 201 cm³/mol. The van der Waals surface area contributed by atoms with Gasteiger partial charge in [-0.2, -0.15) is 0 Å². The Balaban J connectivity index is 1.15. The number of aliphatic imine (C=N–C) groups is 1. The third kappa shape index (κ3) is 9.29. The standard InChI is InChI=1S/C39H50N8O3/c1-6-34(27(2)12-16-41-29(4)40)37-35(15-23-50-37)28(3)42-25-30-8-7-9-32(24-30)38(48)44-36-11-10-33(26-43-36)46-19-21-47(22-20-46)39(49)31-13-17-45(5)18-14-31/h6-12,16,24,26,31,42H,1,4,13-15,17-23,25,40H2,2-3,5H3,(H,43,44,48)/b27-12+,35-28+,37-34-,41-16?. The third-order valence-corrected chi connectivity index (χ3v) is 9.52. The summed E-state index contributed by atoms with van der Waals surface area (Å²) in [5, 5.41) is 6.44. The fourth-order valence-corrected chi connectivity index (χ4v) is 6.52. The van der Waals surface area contributed by atoms with Gasteiger partial charge in [-0.1, -0.05) is 31.4 Å². The van der Waals surface area contributed by atoms with Crippen LogP contribution in [0.3, 0.4) is 0 Å². The first-order valence-electron chi connectivity index (χ1n) is 17.3. The van der Waals surface area contributed by atoms with Gasteiger partial charge in [0.05, 0.1) is 18.5 Å². The highest BCUT2D eigenvalue weighted by molar-refractivity contribution is 6.03. The van der Waals surface area contributed by atoms with Crippen molar-refractivity contribution in [1.29, 1.82) is 0 Å². The van der Waals surface area contributed by atoms with E-state index < -0.39 is 0 Å². The maximum absolute atomic E-state index is 13.2. The van der Waals surface area contributed by atoms with Gasteiger partial charge in [0, 0.05) is 73.7 Å². The van der Waals surface area contributed by atoms with Crippen molar-refractivity contribution in [2.45, 2.75) is 39.7 Å². The maximum Gasteiger partial charge on any atom is 0.256 e. The summed E-state index contributed by atoms with van der Waals surface area (Å²) in [6.07, 6.45) is 9.71. The van der Waals surface area contributed by atoms with Crippen LogP contribution in [0.5, 0.6) is 0 Å². The lowest BCUT2D eigenvalue weighted by Gasteiger charge is -2.38. The van der Waals surface area contributed by atoms with E-state index in [-0.39, 0.29) is 17.6 Å². The number of allylic oxidation sites excluding steroid dienone is 6. The van der Waals surface area contributed by atoms with E-state index in [2.05, 4.69) is 50.6 Å². The zero-order valence-electron chi connectivity index (χ0n) is 29.6. The van der Waals surface area contributed by atoms with Gasteiger partial charge in [-0.05, 0) is 88.3 Å². The molecule has 11 heteroatoms. The number of ether oxygens (including phenoxy) is 1. The number of rotatable bonds is 11. The number of nitrogens with two attached hydrogens (primary N) is 1. The summed E-state index contributed by atoms with van der Waals surface area (Å²) in [5.74, 6) is 1.75. The highest BCUT2D eigenvalue weighted by atomic mass is 16.5. The molecule has 2 amide bonds. The van der Waals surface area contributed by atoms with Gasteiger partial charge in [0.15, 0.2) is 0 Å². The van der Waals surface area contributed by atoms with Crippen LogP contribution in [0.2, 0.25) is 0 Å². The van der Waals surface area contributed by atoms with Gasteiger partial charge >= 0.3 is 0 Å². The minimum absolute atomic E-state index is 0.150. The van der Waals surface area contributed by atoms with E-state index in [1.807, 2.05) is 55.2 Å². The Morgan fingerprint density at radius 2 is 1.86 bits per heavy atom. The predicted octanol–water partition coefficient (Wildman–Crippen LogP) is 5.00. The second-order valence-corrected chi connectivity index (χ2v) is 13.1. The normalized spacial score (nSPS) is 19.6. The van der Waals surface area contributed by atoms with E-state index in [1.54, 1.807) is 24.6 Å². The molecule has 3 aliphatic heterocycles. The lowest BCUT2D eigenvalue weighted by Crippen LogP contribution is -2.51. The number of piperazine rings is 1. The van der Waals surface area contributed by atoms with Crippen LogP contribution >= 0.6 is 0 Å². The van der Waals surface area contributed by atoms with Crippen molar-refractivity contribution in [3.8, 4) is 0 Å². The van der Waals surface area contributed by atoms with E-state index >= 15 is 0 Å². The molecule has 3 saturated heterocycles. The quantitative estimate of drug-likeness (QED) is 0.284. The smallest absolute Gasteiger partial charge is 0.256 e. The van der Waals surface area contributed by atoms with Crippen molar-refractivity contribution >= 4 is 29.5 Å². The molecule has 4 N–H and O–H groups in total.